The third-order valence-corrected chi connectivity index (χ3v) is 5.05. The van der Waals surface area contributed by atoms with Crippen LogP contribution in [0.3, 0.4) is 0 Å². The van der Waals surface area contributed by atoms with Gasteiger partial charge in [0.1, 0.15) is 0 Å². The Balaban J connectivity index is 2.36. The van der Waals surface area contributed by atoms with Gasteiger partial charge >= 0.3 is 0 Å². The number of carbonyl (C=O) groups excluding carboxylic acids is 2. The second kappa shape index (κ2) is 9.19. The maximum absolute atomic E-state index is 12.1. The molecule has 1 rings (SSSR count). The van der Waals surface area contributed by atoms with Crippen LogP contribution in [0.25, 0.3) is 0 Å². The zero-order chi connectivity index (χ0) is 17.5. The van der Waals surface area contributed by atoms with Crippen molar-refractivity contribution >= 4 is 21.8 Å². The molecule has 0 aromatic carbocycles. The Morgan fingerprint density at radius 3 is 2.22 bits per heavy atom. The van der Waals surface area contributed by atoms with Crippen LogP contribution in [-0.4, -0.2) is 82.2 Å². The van der Waals surface area contributed by atoms with Crippen LogP contribution in [0.15, 0.2) is 0 Å². The number of hydrogen-bond donors (Lipinski definition) is 1. The van der Waals surface area contributed by atoms with Crippen molar-refractivity contribution in [1.29, 1.82) is 0 Å². The van der Waals surface area contributed by atoms with Crippen molar-refractivity contribution in [3.05, 3.63) is 0 Å². The summed E-state index contributed by atoms with van der Waals surface area (Å²) in [6.45, 7) is 5.66. The summed E-state index contributed by atoms with van der Waals surface area (Å²) in [4.78, 5) is 27.3. The van der Waals surface area contributed by atoms with Gasteiger partial charge in [-0.05, 0) is 6.42 Å². The number of sulfonamides is 1. The molecule has 2 amide bonds. The second-order valence-corrected chi connectivity index (χ2v) is 7.77. The number of rotatable bonds is 8. The van der Waals surface area contributed by atoms with Gasteiger partial charge in [0.25, 0.3) is 0 Å². The van der Waals surface area contributed by atoms with Crippen LogP contribution in [0.4, 0.5) is 0 Å². The van der Waals surface area contributed by atoms with Gasteiger partial charge in [-0.15, -0.1) is 0 Å². The molecule has 0 spiro atoms. The highest BCUT2D eigenvalue weighted by Gasteiger charge is 2.25. The van der Waals surface area contributed by atoms with E-state index in [0.717, 1.165) is 0 Å². The number of methoxy groups -OCH3 is 1. The minimum absolute atomic E-state index is 0.0591. The summed E-state index contributed by atoms with van der Waals surface area (Å²) >= 11 is 0. The van der Waals surface area contributed by atoms with Crippen molar-refractivity contribution in [2.24, 2.45) is 5.92 Å². The van der Waals surface area contributed by atoms with Gasteiger partial charge in [-0.3, -0.25) is 9.59 Å². The fourth-order valence-electron chi connectivity index (χ4n) is 2.29. The molecular weight excluding hydrogens is 322 g/mol. The van der Waals surface area contributed by atoms with E-state index in [1.807, 2.05) is 13.8 Å². The van der Waals surface area contributed by atoms with E-state index in [-0.39, 0.29) is 30.0 Å². The Morgan fingerprint density at radius 1 is 1.13 bits per heavy atom. The summed E-state index contributed by atoms with van der Waals surface area (Å²) in [6, 6.07) is 0. The summed E-state index contributed by atoms with van der Waals surface area (Å²) in [5.41, 5.74) is 0. The van der Waals surface area contributed by atoms with E-state index in [4.69, 9.17) is 4.74 Å². The van der Waals surface area contributed by atoms with E-state index in [2.05, 4.69) is 4.72 Å². The molecule has 8 nitrogen and oxygen atoms in total. The van der Waals surface area contributed by atoms with Crippen LogP contribution < -0.4 is 4.72 Å². The molecule has 0 radical (unpaired) electrons. The monoisotopic (exact) mass is 349 g/mol. The second-order valence-electron chi connectivity index (χ2n) is 5.85. The molecule has 134 valence electrons. The maximum atomic E-state index is 12.1. The first-order valence-corrected chi connectivity index (χ1v) is 9.45. The van der Waals surface area contributed by atoms with Crippen LogP contribution in [0, 0.1) is 5.92 Å². The van der Waals surface area contributed by atoms with Crippen LogP contribution >= 0.6 is 0 Å². The molecule has 0 saturated carbocycles. The minimum Gasteiger partial charge on any atom is -0.385 e. The highest BCUT2D eigenvalue weighted by molar-refractivity contribution is 7.89. The number of nitrogens with one attached hydrogen (secondary N) is 1. The molecule has 9 heteroatoms. The van der Waals surface area contributed by atoms with Gasteiger partial charge in [0.05, 0.1) is 12.3 Å². The quantitative estimate of drug-likeness (QED) is 0.583. The highest BCUT2D eigenvalue weighted by Crippen LogP contribution is 2.07. The van der Waals surface area contributed by atoms with E-state index in [0.29, 0.717) is 39.2 Å². The summed E-state index contributed by atoms with van der Waals surface area (Å²) in [5, 5.41) is 0. The molecule has 0 aromatic rings. The normalized spacial score (nSPS) is 16.0. The van der Waals surface area contributed by atoms with Gasteiger partial charge in [0, 0.05) is 45.8 Å². The molecule has 0 aliphatic carbocycles. The van der Waals surface area contributed by atoms with Crippen molar-refractivity contribution in [3.63, 3.8) is 0 Å². The van der Waals surface area contributed by atoms with Gasteiger partial charge in [-0.25, -0.2) is 13.1 Å². The molecule has 1 N–H and O–H groups in total. The lowest BCUT2D eigenvalue weighted by Crippen LogP contribution is -2.53. The topological polar surface area (TPSA) is 96.0 Å². The highest BCUT2D eigenvalue weighted by atomic mass is 32.2. The Labute approximate surface area is 138 Å². The van der Waals surface area contributed by atoms with E-state index >= 15 is 0 Å². The lowest BCUT2D eigenvalue weighted by Gasteiger charge is -2.35. The molecule has 0 atom stereocenters. The van der Waals surface area contributed by atoms with Gasteiger partial charge < -0.3 is 14.5 Å². The van der Waals surface area contributed by atoms with Crippen molar-refractivity contribution in [2.45, 2.75) is 20.3 Å². The van der Waals surface area contributed by atoms with E-state index in [9.17, 15) is 18.0 Å². The first-order valence-electron chi connectivity index (χ1n) is 7.79. The molecular formula is C14H27N3O5S. The fraction of sp³-hybridized carbons (Fsp3) is 0.857. The number of carbonyl (C=O) groups is 2. The number of nitrogens with zero attached hydrogens (tertiary/aromatic N) is 2. The average molecular weight is 349 g/mol. The van der Waals surface area contributed by atoms with Gasteiger partial charge in [0.2, 0.25) is 21.8 Å². The lowest BCUT2D eigenvalue weighted by atomic mass is 10.1. The smallest absolute Gasteiger partial charge is 0.237 e. The fourth-order valence-corrected chi connectivity index (χ4v) is 3.28. The zero-order valence-electron chi connectivity index (χ0n) is 14.1. The number of amides is 2. The molecule has 1 heterocycles. The first-order chi connectivity index (χ1) is 10.8. The maximum Gasteiger partial charge on any atom is 0.237 e. The van der Waals surface area contributed by atoms with Crippen molar-refractivity contribution in [1.82, 2.24) is 14.5 Å². The van der Waals surface area contributed by atoms with E-state index < -0.39 is 10.0 Å². The van der Waals surface area contributed by atoms with Gasteiger partial charge in [-0.1, -0.05) is 13.8 Å². The lowest BCUT2D eigenvalue weighted by molar-refractivity contribution is -0.140. The van der Waals surface area contributed by atoms with Crippen molar-refractivity contribution < 1.29 is 22.7 Å². The molecule has 23 heavy (non-hydrogen) atoms. The number of piperazine rings is 1. The Bertz CT molecular complexity index is 499. The van der Waals surface area contributed by atoms with Crippen molar-refractivity contribution in [3.8, 4) is 0 Å². The SMILES string of the molecule is COCCCS(=O)(=O)NCC(=O)N1CCN(C(=O)C(C)C)CC1. The summed E-state index contributed by atoms with van der Waals surface area (Å²) in [7, 11) is -1.96. The average Bonchev–Trinajstić information content (AvgIpc) is 2.52. The molecule has 0 unspecified atom stereocenters. The molecule has 1 aliphatic rings. The van der Waals surface area contributed by atoms with E-state index in [1.165, 1.54) is 7.11 Å². The largest absolute Gasteiger partial charge is 0.385 e. The molecule has 1 aliphatic heterocycles. The Kier molecular flexibility index (Phi) is 7.93. The first kappa shape index (κ1) is 19.9. The predicted octanol–water partition coefficient (Wildman–Crippen LogP) is -0.731. The van der Waals surface area contributed by atoms with Gasteiger partial charge in [0.15, 0.2) is 0 Å². The van der Waals surface area contributed by atoms with Crippen LogP contribution in [-0.2, 0) is 24.3 Å². The minimum atomic E-state index is -3.47. The van der Waals surface area contributed by atoms with Crippen LogP contribution in [0.5, 0.6) is 0 Å². The summed E-state index contributed by atoms with van der Waals surface area (Å²) in [6.07, 6.45) is 0.385. The Hall–Kier alpha value is -1.19. The third-order valence-electron chi connectivity index (χ3n) is 3.64. The van der Waals surface area contributed by atoms with Crippen LogP contribution in [0.1, 0.15) is 20.3 Å². The van der Waals surface area contributed by atoms with E-state index in [1.54, 1.807) is 9.80 Å². The van der Waals surface area contributed by atoms with Gasteiger partial charge in [-0.2, -0.15) is 0 Å². The predicted molar refractivity (Wildman–Crippen MR) is 86.3 cm³/mol. The number of ether oxygens (including phenoxy) is 1. The standard InChI is InChI=1S/C14H27N3O5S/c1-12(2)14(19)17-7-5-16(6-8-17)13(18)11-15-23(20,21)10-4-9-22-3/h12,15H,4-11H2,1-3H3. The van der Waals surface area contributed by atoms with Crippen molar-refractivity contribution in [2.75, 3.05) is 52.2 Å². The molecule has 0 bridgehead atoms. The molecule has 1 fully saturated rings. The Morgan fingerprint density at radius 2 is 1.70 bits per heavy atom. The summed E-state index contributed by atoms with van der Waals surface area (Å²) in [5.74, 6) is -0.311. The summed E-state index contributed by atoms with van der Waals surface area (Å²) < 4.78 is 30.6. The molecule has 0 aromatic heterocycles. The van der Waals surface area contributed by atoms with Crippen LogP contribution in [0.2, 0.25) is 0 Å². The number of hydrogen-bond acceptors (Lipinski definition) is 5. The molecule has 1 saturated heterocycles. The third kappa shape index (κ3) is 6.84. The zero-order valence-corrected chi connectivity index (χ0v) is 14.9.